The van der Waals surface area contributed by atoms with Crippen molar-refractivity contribution < 1.29 is 15.0 Å². The molecule has 1 amide bonds. The van der Waals surface area contributed by atoms with Gasteiger partial charge in [-0.1, -0.05) is 0 Å². The highest BCUT2D eigenvalue weighted by Crippen LogP contribution is 2.22. The number of benzene rings is 1. The van der Waals surface area contributed by atoms with Gasteiger partial charge >= 0.3 is 0 Å². The zero-order valence-corrected chi connectivity index (χ0v) is 9.78. The molecule has 0 aliphatic rings. The maximum atomic E-state index is 11.8. The van der Waals surface area contributed by atoms with Crippen LogP contribution in [-0.4, -0.2) is 21.1 Å². The fourth-order valence-electron chi connectivity index (χ4n) is 1.31. The van der Waals surface area contributed by atoms with Gasteiger partial charge in [-0.3, -0.25) is 10.1 Å². The lowest BCUT2D eigenvalue weighted by atomic mass is 10.2. The van der Waals surface area contributed by atoms with Gasteiger partial charge in [0, 0.05) is 17.0 Å². The number of anilines is 1. The van der Waals surface area contributed by atoms with Crippen LogP contribution in [0.4, 0.5) is 5.13 Å². The molecule has 1 aromatic heterocycles. The van der Waals surface area contributed by atoms with Crippen molar-refractivity contribution in [2.75, 3.05) is 5.32 Å². The summed E-state index contributed by atoms with van der Waals surface area (Å²) >= 11 is 1.31. The SMILES string of the molecule is Cc1csc(NC(=O)c2cc(O)cc(O)c2)n1. The van der Waals surface area contributed by atoms with Crippen molar-refractivity contribution in [2.45, 2.75) is 6.92 Å². The van der Waals surface area contributed by atoms with Gasteiger partial charge in [-0.25, -0.2) is 4.98 Å². The Morgan fingerprint density at radius 2 is 1.94 bits per heavy atom. The van der Waals surface area contributed by atoms with E-state index < -0.39 is 5.91 Å². The molecule has 0 spiro atoms. The predicted octanol–water partition coefficient (Wildman–Crippen LogP) is 2.12. The molecular formula is C11H10N2O3S. The molecule has 17 heavy (non-hydrogen) atoms. The van der Waals surface area contributed by atoms with Crippen molar-refractivity contribution in [3.63, 3.8) is 0 Å². The van der Waals surface area contributed by atoms with E-state index in [0.717, 1.165) is 11.8 Å². The van der Waals surface area contributed by atoms with E-state index >= 15 is 0 Å². The number of rotatable bonds is 2. The van der Waals surface area contributed by atoms with Gasteiger partial charge in [-0.15, -0.1) is 11.3 Å². The third kappa shape index (κ3) is 2.73. The average molecular weight is 250 g/mol. The molecule has 2 rings (SSSR count). The molecule has 6 heteroatoms. The summed E-state index contributed by atoms with van der Waals surface area (Å²) in [5, 5.41) is 23.4. The van der Waals surface area contributed by atoms with Crippen LogP contribution < -0.4 is 5.32 Å². The second-order valence-electron chi connectivity index (χ2n) is 3.49. The molecule has 0 aliphatic heterocycles. The Morgan fingerprint density at radius 3 is 2.47 bits per heavy atom. The molecule has 0 bridgehead atoms. The number of phenolic OH excluding ortho intramolecular Hbond substituents is 2. The van der Waals surface area contributed by atoms with E-state index in [0.29, 0.717) is 5.13 Å². The second kappa shape index (κ2) is 4.42. The first kappa shape index (κ1) is 11.4. The average Bonchev–Trinajstić information content (AvgIpc) is 2.62. The fraction of sp³-hybridized carbons (Fsp3) is 0.0909. The van der Waals surface area contributed by atoms with Crippen LogP contribution in [0, 0.1) is 6.92 Å². The van der Waals surface area contributed by atoms with Crippen LogP contribution in [0.5, 0.6) is 11.5 Å². The van der Waals surface area contributed by atoms with Crippen LogP contribution >= 0.6 is 11.3 Å². The Labute approximate surface area is 101 Å². The number of thiazole rings is 1. The first-order valence-electron chi connectivity index (χ1n) is 4.81. The molecule has 2 aromatic rings. The monoisotopic (exact) mass is 250 g/mol. The zero-order chi connectivity index (χ0) is 12.4. The maximum Gasteiger partial charge on any atom is 0.257 e. The summed E-state index contributed by atoms with van der Waals surface area (Å²) in [6, 6.07) is 3.70. The number of amides is 1. The number of aromatic nitrogens is 1. The molecule has 0 radical (unpaired) electrons. The molecule has 0 fully saturated rings. The lowest BCUT2D eigenvalue weighted by Crippen LogP contribution is -2.11. The van der Waals surface area contributed by atoms with Gasteiger partial charge in [0.25, 0.3) is 5.91 Å². The highest BCUT2D eigenvalue weighted by atomic mass is 32.1. The van der Waals surface area contributed by atoms with E-state index in [-0.39, 0.29) is 17.1 Å². The molecule has 0 unspecified atom stereocenters. The van der Waals surface area contributed by atoms with Crippen molar-refractivity contribution in [2.24, 2.45) is 0 Å². The molecule has 0 aliphatic carbocycles. The normalized spacial score (nSPS) is 10.2. The molecule has 1 aromatic carbocycles. The fourth-order valence-corrected chi connectivity index (χ4v) is 1.99. The Balaban J connectivity index is 2.19. The van der Waals surface area contributed by atoms with Crippen LogP contribution in [-0.2, 0) is 0 Å². The van der Waals surface area contributed by atoms with Crippen molar-refractivity contribution in [3.8, 4) is 11.5 Å². The molecule has 88 valence electrons. The Bertz CT molecular complexity index is 545. The third-order valence-corrected chi connectivity index (χ3v) is 2.88. The van der Waals surface area contributed by atoms with Crippen molar-refractivity contribution >= 4 is 22.4 Å². The number of carbonyl (C=O) groups is 1. The van der Waals surface area contributed by atoms with Crippen molar-refractivity contribution in [1.29, 1.82) is 0 Å². The molecule has 5 nitrogen and oxygen atoms in total. The van der Waals surface area contributed by atoms with Gasteiger partial charge in [0.2, 0.25) is 0 Å². The van der Waals surface area contributed by atoms with Crippen LogP contribution in [0.1, 0.15) is 16.1 Å². The van der Waals surface area contributed by atoms with E-state index in [4.69, 9.17) is 0 Å². The molecule has 0 atom stereocenters. The van der Waals surface area contributed by atoms with Gasteiger partial charge in [0.1, 0.15) is 11.5 Å². The quantitative estimate of drug-likeness (QED) is 0.762. The minimum atomic E-state index is -0.425. The van der Waals surface area contributed by atoms with Crippen LogP contribution in [0.2, 0.25) is 0 Å². The number of nitrogens with zero attached hydrogens (tertiary/aromatic N) is 1. The smallest absolute Gasteiger partial charge is 0.257 e. The first-order valence-corrected chi connectivity index (χ1v) is 5.69. The Morgan fingerprint density at radius 1 is 1.29 bits per heavy atom. The van der Waals surface area contributed by atoms with E-state index in [1.54, 1.807) is 0 Å². The standard InChI is InChI=1S/C11H10N2O3S/c1-6-5-17-11(12-6)13-10(16)7-2-8(14)4-9(15)3-7/h2-5,14-15H,1H3,(H,12,13,16). The predicted molar refractivity (Wildman–Crippen MR) is 64.6 cm³/mol. The van der Waals surface area contributed by atoms with Crippen molar-refractivity contribution in [1.82, 2.24) is 4.98 Å². The van der Waals surface area contributed by atoms with Crippen LogP contribution in [0.3, 0.4) is 0 Å². The van der Waals surface area contributed by atoms with Gasteiger partial charge in [-0.2, -0.15) is 0 Å². The number of hydrogen-bond acceptors (Lipinski definition) is 5. The molecule has 1 heterocycles. The third-order valence-electron chi connectivity index (χ3n) is 2.00. The highest BCUT2D eigenvalue weighted by molar-refractivity contribution is 7.13. The summed E-state index contributed by atoms with van der Waals surface area (Å²) in [7, 11) is 0. The Kier molecular flexibility index (Phi) is 2.97. The minimum Gasteiger partial charge on any atom is -0.508 e. The lowest BCUT2D eigenvalue weighted by Gasteiger charge is -2.03. The van der Waals surface area contributed by atoms with Crippen LogP contribution in [0.15, 0.2) is 23.6 Å². The Hall–Kier alpha value is -2.08. The molecule has 0 saturated heterocycles. The van der Waals surface area contributed by atoms with E-state index in [1.165, 1.54) is 23.5 Å². The summed E-state index contributed by atoms with van der Waals surface area (Å²) in [6.45, 7) is 1.83. The van der Waals surface area contributed by atoms with Crippen LogP contribution in [0.25, 0.3) is 0 Å². The molecule has 0 saturated carbocycles. The second-order valence-corrected chi connectivity index (χ2v) is 4.34. The number of aromatic hydroxyl groups is 2. The minimum absolute atomic E-state index is 0.162. The highest BCUT2D eigenvalue weighted by Gasteiger charge is 2.10. The molecule has 3 N–H and O–H groups in total. The number of aryl methyl sites for hydroxylation is 1. The van der Waals surface area contributed by atoms with Gasteiger partial charge in [0.05, 0.1) is 5.69 Å². The summed E-state index contributed by atoms with van der Waals surface area (Å²) in [6.07, 6.45) is 0. The van der Waals surface area contributed by atoms with E-state index in [1.807, 2.05) is 12.3 Å². The lowest BCUT2D eigenvalue weighted by molar-refractivity contribution is 0.102. The summed E-state index contributed by atoms with van der Waals surface area (Å²) < 4.78 is 0. The maximum absolute atomic E-state index is 11.8. The largest absolute Gasteiger partial charge is 0.508 e. The number of phenols is 2. The zero-order valence-electron chi connectivity index (χ0n) is 8.97. The summed E-state index contributed by atoms with van der Waals surface area (Å²) in [5.74, 6) is -0.749. The topological polar surface area (TPSA) is 82.5 Å². The summed E-state index contributed by atoms with van der Waals surface area (Å²) in [5.41, 5.74) is 0.999. The van der Waals surface area contributed by atoms with E-state index in [2.05, 4.69) is 10.3 Å². The van der Waals surface area contributed by atoms with Crippen molar-refractivity contribution in [3.05, 3.63) is 34.8 Å². The van der Waals surface area contributed by atoms with Gasteiger partial charge in [-0.05, 0) is 19.1 Å². The first-order chi connectivity index (χ1) is 8.04. The number of hydrogen-bond donors (Lipinski definition) is 3. The molecular weight excluding hydrogens is 240 g/mol. The van der Waals surface area contributed by atoms with Gasteiger partial charge in [0.15, 0.2) is 5.13 Å². The number of nitrogens with one attached hydrogen (secondary N) is 1. The summed E-state index contributed by atoms with van der Waals surface area (Å²) in [4.78, 5) is 15.8. The van der Waals surface area contributed by atoms with Gasteiger partial charge < -0.3 is 10.2 Å². The van der Waals surface area contributed by atoms with E-state index in [9.17, 15) is 15.0 Å². The number of carbonyl (C=O) groups excluding carboxylic acids is 1.